The minimum Gasteiger partial charge on any atom is -0.349 e. The van der Waals surface area contributed by atoms with Crippen LogP contribution in [0.2, 0.25) is 5.02 Å². The zero-order chi connectivity index (χ0) is 18.4. The van der Waals surface area contributed by atoms with E-state index in [0.29, 0.717) is 12.0 Å². The molecule has 3 nitrogen and oxygen atoms in total. The third-order valence-electron chi connectivity index (χ3n) is 3.85. The number of thiazole rings is 1. The van der Waals surface area contributed by atoms with Crippen LogP contribution in [0.1, 0.15) is 28.5 Å². The molecule has 0 bridgehead atoms. The van der Waals surface area contributed by atoms with Crippen molar-refractivity contribution in [1.29, 1.82) is 0 Å². The first-order chi connectivity index (χ1) is 12.6. The highest BCUT2D eigenvalue weighted by atomic mass is 35.5. The Bertz CT molecular complexity index is 868. The Morgan fingerprint density at radius 1 is 1.23 bits per heavy atom. The Balaban J connectivity index is 1.64. The second-order valence-electron chi connectivity index (χ2n) is 5.93. The van der Waals surface area contributed by atoms with Gasteiger partial charge in [0.05, 0.1) is 16.8 Å². The number of aromatic nitrogens is 1. The minimum atomic E-state index is -0.0640. The first-order valence-corrected chi connectivity index (χ1v) is 10.6. The molecule has 3 aromatic rings. The van der Waals surface area contributed by atoms with Crippen LogP contribution < -0.4 is 5.32 Å². The average Bonchev–Trinajstić information content (AvgIpc) is 3.15. The van der Waals surface area contributed by atoms with Crippen LogP contribution in [0.4, 0.5) is 0 Å². The summed E-state index contributed by atoms with van der Waals surface area (Å²) in [6.07, 6.45) is 0.694. The fourth-order valence-corrected chi connectivity index (χ4v) is 4.42. The van der Waals surface area contributed by atoms with Gasteiger partial charge in [-0.25, -0.2) is 4.98 Å². The van der Waals surface area contributed by atoms with Gasteiger partial charge in [0.1, 0.15) is 0 Å². The monoisotopic (exact) mass is 402 g/mol. The highest BCUT2D eigenvalue weighted by molar-refractivity contribution is 7.98. The molecular formula is C20H19ClN2OS2. The van der Waals surface area contributed by atoms with Crippen molar-refractivity contribution in [1.82, 2.24) is 10.3 Å². The van der Waals surface area contributed by atoms with Gasteiger partial charge < -0.3 is 5.32 Å². The molecule has 0 aliphatic rings. The summed E-state index contributed by atoms with van der Waals surface area (Å²) < 4.78 is 0. The van der Waals surface area contributed by atoms with E-state index in [9.17, 15) is 4.79 Å². The number of hydrogen-bond acceptors (Lipinski definition) is 4. The van der Waals surface area contributed by atoms with Crippen molar-refractivity contribution in [3.8, 4) is 0 Å². The third kappa shape index (κ3) is 5.10. The number of thioether (sulfide) groups is 1. The van der Waals surface area contributed by atoms with Gasteiger partial charge in [-0.3, -0.25) is 4.79 Å². The number of hydrogen-bond donors (Lipinski definition) is 1. The Morgan fingerprint density at radius 3 is 2.77 bits per heavy atom. The lowest BCUT2D eigenvalue weighted by molar-refractivity contribution is 0.0937. The molecule has 2 aromatic carbocycles. The van der Waals surface area contributed by atoms with Gasteiger partial charge in [-0.1, -0.05) is 41.9 Å². The topological polar surface area (TPSA) is 42.0 Å². The van der Waals surface area contributed by atoms with E-state index in [0.717, 1.165) is 26.9 Å². The number of amides is 1. The molecule has 0 aliphatic carbocycles. The quantitative estimate of drug-likeness (QED) is 0.534. The van der Waals surface area contributed by atoms with Crippen molar-refractivity contribution < 1.29 is 4.79 Å². The van der Waals surface area contributed by atoms with E-state index in [4.69, 9.17) is 11.6 Å². The molecule has 1 N–H and O–H groups in total. The third-order valence-corrected chi connectivity index (χ3v) is 5.96. The molecule has 6 heteroatoms. The fraction of sp³-hybridized carbons (Fsp3) is 0.200. The van der Waals surface area contributed by atoms with Gasteiger partial charge in [0.25, 0.3) is 5.91 Å². The van der Waals surface area contributed by atoms with Crippen molar-refractivity contribution in [3.63, 3.8) is 0 Å². The lowest BCUT2D eigenvalue weighted by atomic mass is 10.1. The van der Waals surface area contributed by atoms with Crippen LogP contribution in [-0.2, 0) is 12.2 Å². The molecular weight excluding hydrogens is 384 g/mol. The molecule has 3 rings (SSSR count). The van der Waals surface area contributed by atoms with Crippen LogP contribution in [0.5, 0.6) is 0 Å². The van der Waals surface area contributed by atoms with Crippen molar-refractivity contribution in [2.45, 2.75) is 30.0 Å². The normalized spacial score (nSPS) is 11.9. The van der Waals surface area contributed by atoms with Gasteiger partial charge in [-0.05, 0) is 37.1 Å². The van der Waals surface area contributed by atoms with Crippen LogP contribution >= 0.6 is 34.7 Å². The van der Waals surface area contributed by atoms with Crippen molar-refractivity contribution in [2.24, 2.45) is 0 Å². The Kier molecular flexibility index (Phi) is 6.72. The van der Waals surface area contributed by atoms with Crippen molar-refractivity contribution in [2.75, 3.05) is 0 Å². The summed E-state index contributed by atoms with van der Waals surface area (Å²) in [5.74, 6) is 0.689. The molecule has 1 amide bonds. The van der Waals surface area contributed by atoms with Crippen molar-refractivity contribution in [3.05, 3.63) is 81.3 Å². The van der Waals surface area contributed by atoms with E-state index in [-0.39, 0.29) is 11.9 Å². The number of rotatable bonds is 7. The first kappa shape index (κ1) is 19.0. The van der Waals surface area contributed by atoms with Gasteiger partial charge in [0.15, 0.2) is 0 Å². The molecule has 0 spiro atoms. The van der Waals surface area contributed by atoms with Crippen LogP contribution in [0.25, 0.3) is 0 Å². The van der Waals surface area contributed by atoms with Gasteiger partial charge in [0, 0.05) is 27.1 Å². The summed E-state index contributed by atoms with van der Waals surface area (Å²) >= 11 is 9.43. The van der Waals surface area contributed by atoms with E-state index in [1.807, 2.05) is 66.3 Å². The summed E-state index contributed by atoms with van der Waals surface area (Å²) in [5.41, 5.74) is 4.58. The Morgan fingerprint density at radius 2 is 2.00 bits per heavy atom. The largest absolute Gasteiger partial charge is 0.349 e. The Hall–Kier alpha value is -1.82. The second kappa shape index (κ2) is 9.21. The first-order valence-electron chi connectivity index (χ1n) is 8.26. The molecule has 0 radical (unpaired) electrons. The predicted octanol–water partition coefficient (Wildman–Crippen LogP) is 5.45. The van der Waals surface area contributed by atoms with E-state index in [1.54, 1.807) is 23.1 Å². The summed E-state index contributed by atoms with van der Waals surface area (Å²) in [4.78, 5) is 18.0. The number of nitrogens with zero attached hydrogens (tertiary/aromatic N) is 1. The number of halogens is 1. The van der Waals surface area contributed by atoms with Gasteiger partial charge in [0.2, 0.25) is 0 Å². The van der Waals surface area contributed by atoms with Gasteiger partial charge in [-0.2, -0.15) is 0 Å². The molecule has 0 saturated carbocycles. The second-order valence-corrected chi connectivity index (χ2v) is 8.08. The van der Waals surface area contributed by atoms with Crippen LogP contribution in [0.3, 0.4) is 0 Å². The highest BCUT2D eigenvalue weighted by Crippen LogP contribution is 2.26. The molecule has 134 valence electrons. The zero-order valence-corrected chi connectivity index (χ0v) is 16.7. The van der Waals surface area contributed by atoms with Gasteiger partial charge >= 0.3 is 0 Å². The molecule has 26 heavy (non-hydrogen) atoms. The van der Waals surface area contributed by atoms with E-state index in [1.165, 1.54) is 0 Å². The number of carbonyl (C=O) groups is 1. The van der Waals surface area contributed by atoms with E-state index < -0.39 is 0 Å². The van der Waals surface area contributed by atoms with Crippen LogP contribution in [-0.4, -0.2) is 16.9 Å². The molecule has 0 saturated heterocycles. The summed E-state index contributed by atoms with van der Waals surface area (Å²) in [6, 6.07) is 15.4. The maximum atomic E-state index is 12.7. The maximum Gasteiger partial charge on any atom is 0.252 e. The van der Waals surface area contributed by atoms with Crippen LogP contribution in [0, 0.1) is 0 Å². The average molecular weight is 403 g/mol. The molecule has 1 aromatic heterocycles. The predicted molar refractivity (Wildman–Crippen MR) is 110 cm³/mol. The maximum absolute atomic E-state index is 12.7. The lowest BCUT2D eigenvalue weighted by Gasteiger charge is -2.16. The molecule has 0 aliphatic heterocycles. The highest BCUT2D eigenvalue weighted by Gasteiger charge is 2.15. The van der Waals surface area contributed by atoms with E-state index in [2.05, 4.69) is 10.3 Å². The van der Waals surface area contributed by atoms with Gasteiger partial charge in [-0.15, -0.1) is 23.1 Å². The standard InChI is InChI=1S/C20H19ClN2OS2/c1-14(10-15-6-2-4-8-18(15)21)23-20(24)17-7-3-5-9-19(17)26-12-16-11-25-13-22-16/h2-9,11,13-14H,10,12H2,1H3,(H,23,24)/t14-/m1/s1. The van der Waals surface area contributed by atoms with Crippen molar-refractivity contribution >= 4 is 40.6 Å². The number of nitrogens with one attached hydrogen (secondary N) is 1. The SMILES string of the molecule is C[C@H](Cc1ccccc1Cl)NC(=O)c1ccccc1SCc1cscn1. The molecule has 1 heterocycles. The van der Waals surface area contributed by atoms with E-state index >= 15 is 0 Å². The molecule has 1 atom stereocenters. The smallest absolute Gasteiger partial charge is 0.252 e. The molecule has 0 fully saturated rings. The Labute approximate surface area is 166 Å². The minimum absolute atomic E-state index is 0.0148. The molecule has 0 unspecified atom stereocenters. The van der Waals surface area contributed by atoms with Crippen LogP contribution in [0.15, 0.2) is 64.3 Å². The summed E-state index contributed by atoms with van der Waals surface area (Å²) in [7, 11) is 0. The summed E-state index contributed by atoms with van der Waals surface area (Å²) in [6.45, 7) is 1.99. The fourth-order valence-electron chi connectivity index (χ4n) is 2.59. The summed E-state index contributed by atoms with van der Waals surface area (Å²) in [5, 5.41) is 5.84. The zero-order valence-electron chi connectivity index (χ0n) is 14.3. The lowest BCUT2D eigenvalue weighted by Crippen LogP contribution is -2.34. The number of benzene rings is 2. The number of carbonyl (C=O) groups excluding carboxylic acids is 1.